The third-order valence-electron chi connectivity index (χ3n) is 4.64. The number of ether oxygens (including phenoxy) is 2. The molecule has 0 N–H and O–H groups in total. The van der Waals surface area contributed by atoms with Gasteiger partial charge in [0.15, 0.2) is 0 Å². The largest absolute Gasteiger partial charge is 0.496 e. The van der Waals surface area contributed by atoms with E-state index in [1.165, 1.54) is 0 Å². The summed E-state index contributed by atoms with van der Waals surface area (Å²) in [6.45, 7) is 8.72. The summed E-state index contributed by atoms with van der Waals surface area (Å²) in [5.41, 5.74) is 0.808. The molecule has 1 aromatic carbocycles. The molecule has 0 heterocycles. The number of carbonyl (C=O) groups is 1. The van der Waals surface area contributed by atoms with Crippen LogP contribution in [0.5, 0.6) is 5.75 Å². The number of rotatable bonds is 9. The maximum absolute atomic E-state index is 12.6. The van der Waals surface area contributed by atoms with Gasteiger partial charge in [-0.15, -0.1) is 0 Å². The molecule has 0 bridgehead atoms. The minimum atomic E-state index is -0.284. The molecule has 0 saturated heterocycles. The van der Waals surface area contributed by atoms with Gasteiger partial charge < -0.3 is 9.47 Å². The van der Waals surface area contributed by atoms with Gasteiger partial charge in [-0.25, -0.2) is 0 Å². The summed E-state index contributed by atoms with van der Waals surface area (Å²) in [6, 6.07) is 8.00. The van der Waals surface area contributed by atoms with Crippen molar-refractivity contribution >= 4 is 5.97 Å². The Kier molecular flexibility index (Phi) is 7.43. The minimum Gasteiger partial charge on any atom is -0.496 e. The smallest absolute Gasteiger partial charge is 0.309 e. The summed E-state index contributed by atoms with van der Waals surface area (Å²) < 4.78 is 10.9. The van der Waals surface area contributed by atoms with Crippen LogP contribution in [0.3, 0.4) is 0 Å². The molecule has 0 spiro atoms. The van der Waals surface area contributed by atoms with E-state index >= 15 is 0 Å². The van der Waals surface area contributed by atoms with E-state index in [1.807, 2.05) is 25.1 Å². The van der Waals surface area contributed by atoms with E-state index in [9.17, 15) is 4.79 Å². The molecular weight excluding hydrogens is 276 g/mol. The first-order valence-corrected chi connectivity index (χ1v) is 8.35. The molecule has 0 aliphatic carbocycles. The first kappa shape index (κ1) is 18.5. The zero-order valence-electron chi connectivity index (χ0n) is 14.6. The Balaban J connectivity index is 3.27. The van der Waals surface area contributed by atoms with E-state index in [0.29, 0.717) is 6.61 Å². The van der Waals surface area contributed by atoms with Gasteiger partial charge in [-0.3, -0.25) is 4.79 Å². The van der Waals surface area contributed by atoms with Crippen molar-refractivity contribution in [3.05, 3.63) is 29.8 Å². The van der Waals surface area contributed by atoms with Crippen LogP contribution in [0.25, 0.3) is 0 Å². The van der Waals surface area contributed by atoms with E-state index < -0.39 is 0 Å². The van der Waals surface area contributed by atoms with E-state index in [4.69, 9.17) is 9.47 Å². The number of unbranched alkanes of at least 4 members (excludes halogenated alkanes) is 1. The highest BCUT2D eigenvalue weighted by atomic mass is 16.5. The second kappa shape index (κ2) is 8.82. The standard InChI is InChI=1S/C19H30O3/c1-6-9-12-16(18(20)22-8-3)19(4,7-2)15-13-10-11-14-17(15)21-5/h10-11,13-14,16H,6-9,12H2,1-5H3. The molecule has 0 aliphatic rings. The van der Waals surface area contributed by atoms with Crippen molar-refractivity contribution < 1.29 is 14.3 Å². The molecule has 1 aromatic rings. The highest BCUT2D eigenvalue weighted by molar-refractivity contribution is 5.75. The summed E-state index contributed by atoms with van der Waals surface area (Å²) in [4.78, 5) is 12.6. The number of esters is 1. The highest BCUT2D eigenvalue weighted by Gasteiger charge is 2.41. The zero-order valence-corrected chi connectivity index (χ0v) is 14.6. The number of benzene rings is 1. The molecule has 0 saturated carbocycles. The average molecular weight is 306 g/mol. The fourth-order valence-electron chi connectivity index (χ4n) is 3.09. The van der Waals surface area contributed by atoms with Gasteiger partial charge in [0, 0.05) is 11.0 Å². The predicted molar refractivity (Wildman–Crippen MR) is 90.3 cm³/mol. The lowest BCUT2D eigenvalue weighted by atomic mass is 9.68. The predicted octanol–water partition coefficient (Wildman–Crippen LogP) is 4.73. The van der Waals surface area contributed by atoms with Gasteiger partial charge >= 0.3 is 5.97 Å². The Bertz CT molecular complexity index is 470. The zero-order chi connectivity index (χ0) is 16.6. The molecule has 124 valence electrons. The van der Waals surface area contributed by atoms with E-state index in [2.05, 4.69) is 26.8 Å². The second-order valence-electron chi connectivity index (χ2n) is 5.92. The first-order chi connectivity index (χ1) is 10.5. The Morgan fingerprint density at radius 3 is 2.45 bits per heavy atom. The summed E-state index contributed by atoms with van der Waals surface area (Å²) in [5.74, 6) is 0.609. The average Bonchev–Trinajstić information content (AvgIpc) is 2.55. The van der Waals surface area contributed by atoms with Crippen LogP contribution >= 0.6 is 0 Å². The van der Waals surface area contributed by atoms with Crippen molar-refractivity contribution in [2.24, 2.45) is 5.92 Å². The second-order valence-corrected chi connectivity index (χ2v) is 5.92. The van der Waals surface area contributed by atoms with Gasteiger partial charge in [-0.1, -0.05) is 51.8 Å². The lowest BCUT2D eigenvalue weighted by Gasteiger charge is -2.37. The first-order valence-electron chi connectivity index (χ1n) is 8.35. The molecule has 22 heavy (non-hydrogen) atoms. The third-order valence-corrected chi connectivity index (χ3v) is 4.64. The van der Waals surface area contributed by atoms with Crippen molar-refractivity contribution in [2.45, 2.75) is 58.8 Å². The van der Waals surface area contributed by atoms with Gasteiger partial charge in [0.05, 0.1) is 19.6 Å². The minimum absolute atomic E-state index is 0.0915. The van der Waals surface area contributed by atoms with Gasteiger partial charge in [0.25, 0.3) is 0 Å². The fourth-order valence-corrected chi connectivity index (χ4v) is 3.09. The van der Waals surface area contributed by atoms with Crippen LogP contribution in [-0.4, -0.2) is 19.7 Å². The SMILES string of the molecule is CCCCC(C(=O)OCC)C(C)(CC)c1ccccc1OC. The number of hydrogen-bond acceptors (Lipinski definition) is 3. The van der Waals surface area contributed by atoms with Gasteiger partial charge in [0.1, 0.15) is 5.75 Å². The number of carbonyl (C=O) groups excluding carboxylic acids is 1. The van der Waals surface area contributed by atoms with Gasteiger partial charge in [0.2, 0.25) is 0 Å². The van der Waals surface area contributed by atoms with Crippen LogP contribution in [-0.2, 0) is 14.9 Å². The molecular formula is C19H30O3. The molecule has 3 nitrogen and oxygen atoms in total. The van der Waals surface area contributed by atoms with Crippen molar-refractivity contribution in [2.75, 3.05) is 13.7 Å². The van der Waals surface area contributed by atoms with Crippen LogP contribution in [0, 0.1) is 5.92 Å². The van der Waals surface area contributed by atoms with Crippen molar-refractivity contribution in [1.82, 2.24) is 0 Å². The van der Waals surface area contributed by atoms with E-state index in [-0.39, 0.29) is 17.3 Å². The van der Waals surface area contributed by atoms with Crippen LogP contribution in [0.15, 0.2) is 24.3 Å². The summed E-state index contributed by atoms with van der Waals surface area (Å²) >= 11 is 0. The molecule has 0 aromatic heterocycles. The van der Waals surface area contributed by atoms with Crippen molar-refractivity contribution in [1.29, 1.82) is 0 Å². The maximum atomic E-state index is 12.6. The van der Waals surface area contributed by atoms with Crippen LogP contribution in [0.2, 0.25) is 0 Å². The molecule has 1 rings (SSSR count). The third kappa shape index (κ3) is 4.02. The topological polar surface area (TPSA) is 35.5 Å². The summed E-state index contributed by atoms with van der Waals surface area (Å²) in [6.07, 6.45) is 3.80. The molecule has 2 atom stereocenters. The lowest BCUT2D eigenvalue weighted by molar-refractivity contribution is -0.151. The van der Waals surface area contributed by atoms with E-state index in [0.717, 1.165) is 37.0 Å². The molecule has 0 aliphatic heterocycles. The molecule has 3 heteroatoms. The highest BCUT2D eigenvalue weighted by Crippen LogP contribution is 2.43. The number of para-hydroxylation sites is 1. The van der Waals surface area contributed by atoms with Gasteiger partial charge in [-0.05, 0) is 25.8 Å². The molecule has 0 amide bonds. The van der Waals surface area contributed by atoms with Crippen LogP contribution in [0.1, 0.15) is 58.9 Å². The number of methoxy groups -OCH3 is 1. The van der Waals surface area contributed by atoms with Crippen molar-refractivity contribution in [3.8, 4) is 5.75 Å². The van der Waals surface area contributed by atoms with Crippen LogP contribution < -0.4 is 4.74 Å². The maximum Gasteiger partial charge on any atom is 0.309 e. The lowest BCUT2D eigenvalue weighted by Crippen LogP contribution is -2.38. The van der Waals surface area contributed by atoms with Crippen molar-refractivity contribution in [3.63, 3.8) is 0 Å². The summed E-state index contributed by atoms with van der Waals surface area (Å²) in [5, 5.41) is 0. The monoisotopic (exact) mass is 306 g/mol. The van der Waals surface area contributed by atoms with Gasteiger partial charge in [-0.2, -0.15) is 0 Å². The fraction of sp³-hybridized carbons (Fsp3) is 0.632. The normalized spacial score (nSPS) is 15.0. The van der Waals surface area contributed by atoms with Crippen LogP contribution in [0.4, 0.5) is 0 Å². The molecule has 2 unspecified atom stereocenters. The Morgan fingerprint density at radius 2 is 1.91 bits per heavy atom. The summed E-state index contributed by atoms with van der Waals surface area (Å²) in [7, 11) is 1.68. The Labute approximate surface area is 135 Å². The number of hydrogen-bond donors (Lipinski definition) is 0. The Morgan fingerprint density at radius 1 is 1.23 bits per heavy atom. The van der Waals surface area contributed by atoms with E-state index in [1.54, 1.807) is 7.11 Å². The molecule has 0 radical (unpaired) electrons. The molecule has 0 fully saturated rings. The Hall–Kier alpha value is -1.51. The quantitative estimate of drug-likeness (QED) is 0.619.